The molecular formula is C14H16F3NO3. The van der Waals surface area contributed by atoms with Gasteiger partial charge in [0.2, 0.25) is 0 Å². The van der Waals surface area contributed by atoms with Gasteiger partial charge in [-0.25, -0.2) is 0 Å². The minimum Gasteiger partial charge on any atom is -0.406 e. The van der Waals surface area contributed by atoms with Gasteiger partial charge >= 0.3 is 6.36 Å². The number of aliphatic hydroxyl groups is 1. The van der Waals surface area contributed by atoms with Crippen molar-refractivity contribution < 1.29 is 27.8 Å². The monoisotopic (exact) mass is 303 g/mol. The van der Waals surface area contributed by atoms with Crippen molar-refractivity contribution in [2.45, 2.75) is 37.6 Å². The van der Waals surface area contributed by atoms with E-state index in [0.717, 1.165) is 25.0 Å². The van der Waals surface area contributed by atoms with E-state index in [1.165, 1.54) is 12.1 Å². The van der Waals surface area contributed by atoms with E-state index in [9.17, 15) is 23.1 Å². The molecule has 2 N–H and O–H groups in total. The van der Waals surface area contributed by atoms with Gasteiger partial charge in [0, 0.05) is 5.56 Å². The summed E-state index contributed by atoms with van der Waals surface area (Å²) in [5, 5.41) is 12.2. The Balaban J connectivity index is 2.03. The van der Waals surface area contributed by atoms with Crippen LogP contribution in [0.3, 0.4) is 0 Å². The van der Waals surface area contributed by atoms with E-state index in [1.807, 2.05) is 0 Å². The normalized spacial score (nSPS) is 17.5. The summed E-state index contributed by atoms with van der Waals surface area (Å²) in [7, 11) is 0. The number of nitrogens with one attached hydrogen (secondary N) is 1. The molecule has 1 saturated carbocycles. The Labute approximate surface area is 119 Å². The second-order valence-electron chi connectivity index (χ2n) is 5.17. The quantitative estimate of drug-likeness (QED) is 0.899. The fraction of sp³-hybridized carbons (Fsp3) is 0.500. The molecule has 0 saturated heterocycles. The van der Waals surface area contributed by atoms with Crippen LogP contribution in [-0.2, 0) is 0 Å². The molecule has 0 aliphatic heterocycles. The second-order valence-corrected chi connectivity index (χ2v) is 5.17. The van der Waals surface area contributed by atoms with E-state index >= 15 is 0 Å². The maximum absolute atomic E-state index is 12.1. The Bertz CT molecular complexity index is 493. The van der Waals surface area contributed by atoms with Crippen molar-refractivity contribution in [3.05, 3.63) is 29.8 Å². The maximum atomic E-state index is 12.1. The minimum atomic E-state index is -4.76. The molecule has 2 rings (SSSR count). The molecule has 4 nitrogen and oxygen atoms in total. The van der Waals surface area contributed by atoms with Gasteiger partial charge in [0.1, 0.15) is 5.75 Å². The molecule has 0 spiro atoms. The Morgan fingerprint density at radius 3 is 2.29 bits per heavy atom. The minimum absolute atomic E-state index is 0.145. The number of rotatable bonds is 4. The van der Waals surface area contributed by atoms with E-state index in [4.69, 9.17) is 0 Å². The number of ether oxygens (including phenoxy) is 1. The molecule has 1 aliphatic carbocycles. The summed E-state index contributed by atoms with van der Waals surface area (Å²) in [6.45, 7) is -0.145. The summed E-state index contributed by atoms with van der Waals surface area (Å²) in [4.78, 5) is 12.1. The van der Waals surface area contributed by atoms with Crippen LogP contribution in [-0.4, -0.2) is 29.5 Å². The zero-order valence-electron chi connectivity index (χ0n) is 11.2. The summed E-state index contributed by atoms with van der Waals surface area (Å²) in [6, 6.07) is 4.69. The first-order chi connectivity index (χ1) is 9.84. The van der Waals surface area contributed by atoms with E-state index in [1.54, 1.807) is 0 Å². The third kappa shape index (κ3) is 4.10. The van der Waals surface area contributed by atoms with Crippen LogP contribution in [0, 0.1) is 0 Å². The first-order valence-electron chi connectivity index (χ1n) is 6.63. The largest absolute Gasteiger partial charge is 0.573 e. The van der Waals surface area contributed by atoms with Crippen molar-refractivity contribution in [2.75, 3.05) is 6.61 Å². The molecule has 0 heterocycles. The van der Waals surface area contributed by atoms with Crippen molar-refractivity contribution in [1.29, 1.82) is 0 Å². The highest BCUT2D eigenvalue weighted by Gasteiger charge is 2.35. The van der Waals surface area contributed by atoms with Crippen LogP contribution in [0.25, 0.3) is 0 Å². The predicted octanol–water partition coefficient (Wildman–Crippen LogP) is 2.62. The third-order valence-corrected chi connectivity index (χ3v) is 3.59. The van der Waals surface area contributed by atoms with Gasteiger partial charge in [-0.05, 0) is 37.1 Å². The number of carbonyl (C=O) groups excluding carboxylic acids is 1. The van der Waals surface area contributed by atoms with Gasteiger partial charge in [0.05, 0.1) is 12.1 Å². The standard InChI is InChI=1S/C14H16F3NO3/c15-14(16,17)21-11-5-3-10(4-6-11)12(20)18-13(9-19)7-1-2-8-13/h3-6,19H,1-2,7-9H2,(H,18,20). The summed E-state index contributed by atoms with van der Waals surface area (Å²) in [6.07, 6.45) is -1.50. The summed E-state index contributed by atoms with van der Waals surface area (Å²) in [5.41, 5.74) is -0.387. The van der Waals surface area contributed by atoms with Gasteiger partial charge in [-0.3, -0.25) is 4.79 Å². The van der Waals surface area contributed by atoms with Gasteiger partial charge in [-0.2, -0.15) is 0 Å². The van der Waals surface area contributed by atoms with Gasteiger partial charge in [-0.1, -0.05) is 12.8 Å². The van der Waals surface area contributed by atoms with Crippen molar-refractivity contribution in [3.63, 3.8) is 0 Å². The molecule has 21 heavy (non-hydrogen) atoms. The average molecular weight is 303 g/mol. The number of alkyl halides is 3. The lowest BCUT2D eigenvalue weighted by atomic mass is 9.98. The highest BCUT2D eigenvalue weighted by molar-refractivity contribution is 5.94. The van der Waals surface area contributed by atoms with Crippen molar-refractivity contribution >= 4 is 5.91 Å². The molecule has 0 unspecified atom stereocenters. The van der Waals surface area contributed by atoms with Crippen molar-refractivity contribution in [2.24, 2.45) is 0 Å². The number of hydrogen-bond acceptors (Lipinski definition) is 3. The zero-order valence-corrected chi connectivity index (χ0v) is 11.2. The van der Waals surface area contributed by atoms with Gasteiger partial charge in [0.15, 0.2) is 0 Å². The van der Waals surface area contributed by atoms with Crippen LogP contribution in [0.2, 0.25) is 0 Å². The first kappa shape index (κ1) is 15.6. The molecule has 0 atom stereocenters. The summed E-state index contributed by atoms with van der Waals surface area (Å²) in [5.74, 6) is -0.790. The highest BCUT2D eigenvalue weighted by atomic mass is 19.4. The molecule has 1 aliphatic rings. The Kier molecular flexibility index (Phi) is 4.41. The van der Waals surface area contributed by atoms with Crippen LogP contribution in [0.1, 0.15) is 36.0 Å². The van der Waals surface area contributed by atoms with E-state index < -0.39 is 17.8 Å². The summed E-state index contributed by atoms with van der Waals surface area (Å²) < 4.78 is 39.9. The Morgan fingerprint density at radius 2 is 1.81 bits per heavy atom. The molecule has 7 heteroatoms. The van der Waals surface area contributed by atoms with Crippen LogP contribution in [0.5, 0.6) is 5.75 Å². The van der Waals surface area contributed by atoms with E-state index in [0.29, 0.717) is 12.8 Å². The van der Waals surface area contributed by atoms with Crippen LogP contribution in [0.4, 0.5) is 13.2 Å². The van der Waals surface area contributed by atoms with Gasteiger partial charge in [-0.15, -0.1) is 13.2 Å². The van der Waals surface area contributed by atoms with Crippen LogP contribution in [0.15, 0.2) is 24.3 Å². The van der Waals surface area contributed by atoms with Crippen LogP contribution < -0.4 is 10.1 Å². The molecule has 1 aromatic rings. The fourth-order valence-corrected chi connectivity index (χ4v) is 2.50. The molecule has 1 fully saturated rings. The lowest BCUT2D eigenvalue weighted by molar-refractivity contribution is -0.274. The van der Waals surface area contributed by atoms with Gasteiger partial charge in [0.25, 0.3) is 5.91 Å². The number of carbonyl (C=O) groups is 1. The fourth-order valence-electron chi connectivity index (χ4n) is 2.50. The van der Waals surface area contributed by atoms with Crippen molar-refractivity contribution in [3.8, 4) is 5.75 Å². The SMILES string of the molecule is O=C(NC1(CO)CCCC1)c1ccc(OC(F)(F)F)cc1. The topological polar surface area (TPSA) is 58.6 Å². The van der Waals surface area contributed by atoms with Crippen molar-refractivity contribution in [1.82, 2.24) is 5.32 Å². The maximum Gasteiger partial charge on any atom is 0.573 e. The molecule has 0 aromatic heterocycles. The first-order valence-corrected chi connectivity index (χ1v) is 6.63. The zero-order chi connectivity index (χ0) is 15.5. The molecule has 116 valence electrons. The number of halogens is 3. The molecular weight excluding hydrogens is 287 g/mol. The average Bonchev–Trinajstić information content (AvgIpc) is 2.87. The van der Waals surface area contributed by atoms with E-state index in [-0.39, 0.29) is 17.9 Å². The van der Waals surface area contributed by atoms with E-state index in [2.05, 4.69) is 10.1 Å². The smallest absolute Gasteiger partial charge is 0.406 e. The predicted molar refractivity (Wildman–Crippen MR) is 68.9 cm³/mol. The van der Waals surface area contributed by atoms with Crippen LogP contribution >= 0.6 is 0 Å². The number of aliphatic hydroxyl groups excluding tert-OH is 1. The molecule has 0 bridgehead atoms. The third-order valence-electron chi connectivity index (χ3n) is 3.59. The Hall–Kier alpha value is -1.76. The second kappa shape index (κ2) is 5.93. The number of hydrogen-bond donors (Lipinski definition) is 2. The number of amides is 1. The lowest BCUT2D eigenvalue weighted by Gasteiger charge is -2.28. The molecule has 1 aromatic carbocycles. The van der Waals surface area contributed by atoms with Gasteiger partial charge < -0.3 is 15.2 Å². The molecule has 1 amide bonds. The highest BCUT2D eigenvalue weighted by Crippen LogP contribution is 2.29. The Morgan fingerprint density at radius 1 is 1.24 bits per heavy atom. The summed E-state index contributed by atoms with van der Waals surface area (Å²) >= 11 is 0. The lowest BCUT2D eigenvalue weighted by Crippen LogP contribution is -2.49. The molecule has 0 radical (unpaired) electrons. The number of benzene rings is 1.